The predicted octanol–water partition coefficient (Wildman–Crippen LogP) is 1.41. The number of nitrogens with zero attached hydrogens (tertiary/aromatic N) is 2. The predicted molar refractivity (Wildman–Crippen MR) is 61.0 cm³/mol. The van der Waals surface area contributed by atoms with Gasteiger partial charge in [0.1, 0.15) is 0 Å². The van der Waals surface area contributed by atoms with Crippen LogP contribution >= 0.6 is 0 Å². The standard InChI is InChI=1S/C12H17N3/c1-2-10(1)15(12-5-8-14-9-12)11-3-6-13-7-4-11/h3-4,6-7,10,12,14H,1-2,5,8-9H2. The summed E-state index contributed by atoms with van der Waals surface area (Å²) in [5, 5.41) is 3.45. The Bertz CT molecular complexity index is 315. The van der Waals surface area contributed by atoms with Crippen molar-refractivity contribution in [2.75, 3.05) is 18.0 Å². The first-order valence-corrected chi connectivity index (χ1v) is 5.84. The maximum Gasteiger partial charge on any atom is 0.0429 e. The number of anilines is 1. The van der Waals surface area contributed by atoms with Crippen molar-refractivity contribution in [1.29, 1.82) is 0 Å². The summed E-state index contributed by atoms with van der Waals surface area (Å²) in [5.74, 6) is 0. The van der Waals surface area contributed by atoms with E-state index in [9.17, 15) is 0 Å². The Labute approximate surface area is 90.5 Å². The zero-order valence-corrected chi connectivity index (χ0v) is 8.89. The van der Waals surface area contributed by atoms with Gasteiger partial charge in [-0.05, 0) is 37.9 Å². The highest BCUT2D eigenvalue weighted by Crippen LogP contribution is 2.34. The summed E-state index contributed by atoms with van der Waals surface area (Å²) < 4.78 is 0. The molecule has 15 heavy (non-hydrogen) atoms. The van der Waals surface area contributed by atoms with Crippen molar-refractivity contribution in [3.05, 3.63) is 24.5 Å². The summed E-state index contributed by atoms with van der Waals surface area (Å²) in [5.41, 5.74) is 1.35. The molecule has 1 saturated carbocycles. The fourth-order valence-electron chi connectivity index (χ4n) is 2.47. The fraction of sp³-hybridized carbons (Fsp3) is 0.583. The molecule has 2 aliphatic rings. The third-order valence-corrected chi connectivity index (χ3v) is 3.33. The molecule has 1 atom stereocenters. The Morgan fingerprint density at radius 1 is 1.13 bits per heavy atom. The lowest BCUT2D eigenvalue weighted by Gasteiger charge is -2.30. The number of hydrogen-bond acceptors (Lipinski definition) is 3. The molecule has 2 fully saturated rings. The monoisotopic (exact) mass is 203 g/mol. The minimum atomic E-state index is 0.694. The van der Waals surface area contributed by atoms with Crippen molar-refractivity contribution in [3.8, 4) is 0 Å². The van der Waals surface area contributed by atoms with Crippen LogP contribution in [0.4, 0.5) is 5.69 Å². The smallest absolute Gasteiger partial charge is 0.0429 e. The first-order valence-electron chi connectivity index (χ1n) is 5.84. The van der Waals surface area contributed by atoms with Crippen LogP contribution in [-0.2, 0) is 0 Å². The zero-order valence-electron chi connectivity index (χ0n) is 8.89. The van der Waals surface area contributed by atoms with Gasteiger partial charge in [0.25, 0.3) is 0 Å². The Balaban J connectivity index is 1.84. The lowest BCUT2D eigenvalue weighted by atomic mass is 10.2. The van der Waals surface area contributed by atoms with Crippen LogP contribution in [0.15, 0.2) is 24.5 Å². The van der Waals surface area contributed by atoms with E-state index in [4.69, 9.17) is 0 Å². The van der Waals surface area contributed by atoms with Crippen molar-refractivity contribution in [2.45, 2.75) is 31.3 Å². The SMILES string of the molecule is c1cc(N(C2CC2)C2CCNC2)ccn1. The second kappa shape index (κ2) is 3.81. The molecule has 1 N–H and O–H groups in total. The summed E-state index contributed by atoms with van der Waals surface area (Å²) >= 11 is 0. The Morgan fingerprint density at radius 2 is 1.93 bits per heavy atom. The van der Waals surface area contributed by atoms with Crippen LogP contribution in [-0.4, -0.2) is 30.2 Å². The number of nitrogens with one attached hydrogen (secondary N) is 1. The van der Waals surface area contributed by atoms with Crippen molar-refractivity contribution in [3.63, 3.8) is 0 Å². The highest BCUT2D eigenvalue weighted by atomic mass is 15.2. The summed E-state index contributed by atoms with van der Waals surface area (Å²) in [4.78, 5) is 6.69. The molecule has 0 bridgehead atoms. The molecule has 1 saturated heterocycles. The van der Waals surface area contributed by atoms with Gasteiger partial charge in [-0.15, -0.1) is 0 Å². The third kappa shape index (κ3) is 1.84. The van der Waals surface area contributed by atoms with Crippen LogP contribution in [0.2, 0.25) is 0 Å². The van der Waals surface area contributed by atoms with Gasteiger partial charge < -0.3 is 10.2 Å². The maximum absolute atomic E-state index is 4.09. The van der Waals surface area contributed by atoms with E-state index < -0.39 is 0 Å². The number of pyridine rings is 1. The molecule has 1 aromatic rings. The van der Waals surface area contributed by atoms with Crippen LogP contribution in [0.1, 0.15) is 19.3 Å². The Kier molecular flexibility index (Phi) is 2.33. The molecule has 2 heterocycles. The molecule has 1 aliphatic carbocycles. The van der Waals surface area contributed by atoms with Gasteiger partial charge in [0, 0.05) is 36.7 Å². The quantitative estimate of drug-likeness (QED) is 0.805. The second-order valence-electron chi connectivity index (χ2n) is 4.49. The van der Waals surface area contributed by atoms with Crippen LogP contribution in [0, 0.1) is 0 Å². The summed E-state index contributed by atoms with van der Waals surface area (Å²) in [6, 6.07) is 5.75. The summed E-state index contributed by atoms with van der Waals surface area (Å²) in [7, 11) is 0. The van der Waals surface area contributed by atoms with Crippen LogP contribution < -0.4 is 10.2 Å². The molecule has 3 nitrogen and oxygen atoms in total. The van der Waals surface area contributed by atoms with Crippen molar-refractivity contribution in [1.82, 2.24) is 10.3 Å². The zero-order chi connectivity index (χ0) is 10.1. The van der Waals surface area contributed by atoms with E-state index in [1.165, 1.54) is 31.5 Å². The van der Waals surface area contributed by atoms with Gasteiger partial charge in [-0.1, -0.05) is 0 Å². The molecule has 80 valence electrons. The lowest BCUT2D eigenvalue weighted by Crippen LogP contribution is -2.38. The van der Waals surface area contributed by atoms with Crippen molar-refractivity contribution < 1.29 is 0 Å². The van der Waals surface area contributed by atoms with Gasteiger partial charge in [0.2, 0.25) is 0 Å². The van der Waals surface area contributed by atoms with E-state index in [0.29, 0.717) is 6.04 Å². The second-order valence-corrected chi connectivity index (χ2v) is 4.49. The molecular formula is C12H17N3. The largest absolute Gasteiger partial charge is 0.364 e. The molecule has 0 radical (unpaired) electrons. The molecule has 1 aromatic heterocycles. The molecule has 0 spiro atoms. The molecule has 1 unspecified atom stereocenters. The van der Waals surface area contributed by atoms with Crippen molar-refractivity contribution in [2.24, 2.45) is 0 Å². The number of aromatic nitrogens is 1. The van der Waals surface area contributed by atoms with Gasteiger partial charge in [-0.25, -0.2) is 0 Å². The van der Waals surface area contributed by atoms with Crippen LogP contribution in [0.3, 0.4) is 0 Å². The van der Waals surface area contributed by atoms with E-state index in [2.05, 4.69) is 27.3 Å². The molecule has 0 amide bonds. The van der Waals surface area contributed by atoms with E-state index in [0.717, 1.165) is 12.6 Å². The van der Waals surface area contributed by atoms with Gasteiger partial charge in [-0.3, -0.25) is 4.98 Å². The van der Waals surface area contributed by atoms with Gasteiger partial charge >= 0.3 is 0 Å². The van der Waals surface area contributed by atoms with Crippen LogP contribution in [0.25, 0.3) is 0 Å². The molecule has 3 rings (SSSR count). The first kappa shape index (κ1) is 9.16. The van der Waals surface area contributed by atoms with E-state index in [-0.39, 0.29) is 0 Å². The van der Waals surface area contributed by atoms with E-state index >= 15 is 0 Å². The molecule has 0 aromatic carbocycles. The Morgan fingerprint density at radius 3 is 2.53 bits per heavy atom. The lowest BCUT2D eigenvalue weighted by molar-refractivity contribution is 0.628. The molecular weight excluding hydrogens is 186 g/mol. The highest BCUT2D eigenvalue weighted by molar-refractivity contribution is 5.48. The van der Waals surface area contributed by atoms with Gasteiger partial charge in [-0.2, -0.15) is 0 Å². The normalized spacial score (nSPS) is 25.5. The Hall–Kier alpha value is -1.09. The fourth-order valence-corrected chi connectivity index (χ4v) is 2.47. The molecule has 3 heteroatoms. The van der Waals surface area contributed by atoms with E-state index in [1.54, 1.807) is 0 Å². The average molecular weight is 203 g/mol. The first-order chi connectivity index (χ1) is 7.45. The highest BCUT2D eigenvalue weighted by Gasteiger charge is 2.35. The number of hydrogen-bond donors (Lipinski definition) is 1. The third-order valence-electron chi connectivity index (χ3n) is 3.33. The minimum absolute atomic E-state index is 0.694. The minimum Gasteiger partial charge on any atom is -0.364 e. The van der Waals surface area contributed by atoms with Crippen molar-refractivity contribution >= 4 is 5.69 Å². The van der Waals surface area contributed by atoms with Crippen LogP contribution in [0.5, 0.6) is 0 Å². The van der Waals surface area contributed by atoms with Gasteiger partial charge in [0.05, 0.1) is 0 Å². The van der Waals surface area contributed by atoms with Gasteiger partial charge in [0.15, 0.2) is 0 Å². The topological polar surface area (TPSA) is 28.2 Å². The summed E-state index contributed by atoms with van der Waals surface area (Å²) in [6.07, 6.45) is 7.79. The number of rotatable bonds is 3. The average Bonchev–Trinajstić information content (AvgIpc) is 2.96. The summed E-state index contributed by atoms with van der Waals surface area (Å²) in [6.45, 7) is 2.30. The van der Waals surface area contributed by atoms with E-state index in [1.807, 2.05) is 12.4 Å². The maximum atomic E-state index is 4.09. The molecule has 1 aliphatic heterocycles.